The van der Waals surface area contributed by atoms with Crippen molar-refractivity contribution in [3.63, 3.8) is 0 Å². The number of carbonyl (C=O) groups excluding carboxylic acids is 2. The van der Waals surface area contributed by atoms with Crippen LogP contribution in [0.2, 0.25) is 0 Å². The Labute approximate surface area is 108 Å². The summed E-state index contributed by atoms with van der Waals surface area (Å²) in [5.41, 5.74) is -0.356. The number of likely N-dealkylation sites (N-methyl/N-ethyl adjacent to an activating group) is 2. The molecule has 19 heavy (non-hydrogen) atoms. The quantitative estimate of drug-likeness (QED) is 0.779. The summed E-state index contributed by atoms with van der Waals surface area (Å²) in [6, 6.07) is 1.19. The maximum Gasteiger partial charge on any atom is 0.254 e. The molecule has 0 spiro atoms. The van der Waals surface area contributed by atoms with Gasteiger partial charge >= 0.3 is 0 Å². The minimum absolute atomic E-state index is 0.244. The van der Waals surface area contributed by atoms with Crippen molar-refractivity contribution < 1.29 is 22.8 Å². The zero-order valence-electron chi connectivity index (χ0n) is 10.7. The first kappa shape index (κ1) is 15.0. The Kier molecular flexibility index (Phi) is 4.52. The molecule has 1 aromatic rings. The van der Waals surface area contributed by atoms with Gasteiger partial charge in [-0.15, -0.1) is 0 Å². The second-order valence-corrected chi connectivity index (χ2v) is 4.20. The Morgan fingerprint density at radius 2 is 1.53 bits per heavy atom. The maximum absolute atomic E-state index is 13.0. The number of halogens is 3. The van der Waals surface area contributed by atoms with E-state index in [9.17, 15) is 22.8 Å². The van der Waals surface area contributed by atoms with Crippen LogP contribution in [0.25, 0.3) is 0 Å². The van der Waals surface area contributed by atoms with Crippen LogP contribution in [0.4, 0.5) is 13.2 Å². The van der Waals surface area contributed by atoms with E-state index in [2.05, 4.69) is 0 Å². The SMILES string of the molecule is CN(C)C(=O)CN(C)C(=O)c1cc(F)c(F)c(F)c1. The van der Waals surface area contributed by atoms with Crippen LogP contribution in [0.15, 0.2) is 12.1 Å². The highest BCUT2D eigenvalue weighted by atomic mass is 19.2. The van der Waals surface area contributed by atoms with E-state index < -0.39 is 23.4 Å². The second kappa shape index (κ2) is 5.73. The van der Waals surface area contributed by atoms with Gasteiger partial charge in [-0.1, -0.05) is 0 Å². The van der Waals surface area contributed by atoms with Crippen LogP contribution in [-0.4, -0.2) is 49.3 Å². The van der Waals surface area contributed by atoms with Crippen LogP contribution in [0.5, 0.6) is 0 Å². The number of hydrogen-bond acceptors (Lipinski definition) is 2. The molecule has 0 aromatic heterocycles. The lowest BCUT2D eigenvalue weighted by molar-refractivity contribution is -0.129. The van der Waals surface area contributed by atoms with E-state index in [1.54, 1.807) is 0 Å². The Hall–Kier alpha value is -2.05. The number of rotatable bonds is 3. The van der Waals surface area contributed by atoms with Gasteiger partial charge in [-0.05, 0) is 12.1 Å². The molecule has 7 heteroatoms. The van der Waals surface area contributed by atoms with E-state index in [1.165, 1.54) is 26.0 Å². The van der Waals surface area contributed by atoms with Crippen molar-refractivity contribution >= 4 is 11.8 Å². The van der Waals surface area contributed by atoms with Gasteiger partial charge in [0, 0.05) is 26.7 Å². The predicted molar refractivity (Wildman–Crippen MR) is 62.0 cm³/mol. The molecule has 2 amide bonds. The van der Waals surface area contributed by atoms with Crippen LogP contribution in [0.3, 0.4) is 0 Å². The van der Waals surface area contributed by atoms with Crippen molar-refractivity contribution in [2.24, 2.45) is 0 Å². The summed E-state index contributed by atoms with van der Waals surface area (Å²) in [5.74, 6) is -5.65. The average Bonchev–Trinajstić information content (AvgIpc) is 2.33. The molecule has 104 valence electrons. The Morgan fingerprint density at radius 1 is 1.05 bits per heavy atom. The van der Waals surface area contributed by atoms with E-state index >= 15 is 0 Å². The second-order valence-electron chi connectivity index (χ2n) is 4.20. The van der Waals surface area contributed by atoms with Crippen LogP contribution >= 0.6 is 0 Å². The molecule has 0 heterocycles. The standard InChI is InChI=1S/C12H13F3N2O2/c1-16(2)10(18)6-17(3)12(19)7-4-8(13)11(15)9(14)5-7/h4-5H,6H2,1-3H3. The summed E-state index contributed by atoms with van der Waals surface area (Å²) >= 11 is 0. The molecule has 0 aliphatic heterocycles. The number of carbonyl (C=O) groups is 2. The number of benzene rings is 1. The third-order valence-electron chi connectivity index (χ3n) is 2.45. The molecule has 0 aliphatic carbocycles. The third-order valence-corrected chi connectivity index (χ3v) is 2.45. The summed E-state index contributed by atoms with van der Waals surface area (Å²) in [7, 11) is 4.33. The van der Waals surface area contributed by atoms with Crippen LogP contribution in [-0.2, 0) is 4.79 Å². The van der Waals surface area contributed by atoms with Crippen LogP contribution < -0.4 is 0 Å². The van der Waals surface area contributed by atoms with Gasteiger partial charge in [0.05, 0.1) is 6.54 Å². The lowest BCUT2D eigenvalue weighted by Crippen LogP contribution is -2.37. The van der Waals surface area contributed by atoms with Crippen molar-refractivity contribution in [3.8, 4) is 0 Å². The molecule has 1 aromatic carbocycles. The molecule has 0 fully saturated rings. The summed E-state index contributed by atoms with van der Waals surface area (Å²) in [6.07, 6.45) is 0. The number of amides is 2. The summed E-state index contributed by atoms with van der Waals surface area (Å²) in [4.78, 5) is 25.5. The Balaban J connectivity index is 2.92. The normalized spacial score (nSPS) is 10.2. The fourth-order valence-corrected chi connectivity index (χ4v) is 1.32. The first-order chi connectivity index (χ1) is 8.73. The van der Waals surface area contributed by atoms with Gasteiger partial charge in [0.2, 0.25) is 5.91 Å². The predicted octanol–water partition coefficient (Wildman–Crippen LogP) is 1.26. The molecule has 0 saturated heterocycles. The maximum atomic E-state index is 13.0. The molecule has 0 saturated carbocycles. The van der Waals surface area contributed by atoms with Crippen LogP contribution in [0, 0.1) is 17.5 Å². The first-order valence-corrected chi connectivity index (χ1v) is 5.34. The molecule has 1 rings (SSSR count). The topological polar surface area (TPSA) is 40.6 Å². The van der Waals surface area contributed by atoms with Crippen molar-refractivity contribution in [1.29, 1.82) is 0 Å². The van der Waals surface area contributed by atoms with E-state index in [0.717, 1.165) is 4.90 Å². The van der Waals surface area contributed by atoms with Gasteiger partial charge in [-0.25, -0.2) is 13.2 Å². The molecular formula is C12H13F3N2O2. The number of hydrogen-bond donors (Lipinski definition) is 0. The average molecular weight is 274 g/mol. The number of nitrogens with zero attached hydrogens (tertiary/aromatic N) is 2. The van der Waals surface area contributed by atoms with Gasteiger partial charge in [-0.3, -0.25) is 9.59 Å². The van der Waals surface area contributed by atoms with E-state index in [-0.39, 0.29) is 18.0 Å². The summed E-state index contributed by atoms with van der Waals surface area (Å²) in [6.45, 7) is -0.244. The third kappa shape index (κ3) is 3.46. The lowest BCUT2D eigenvalue weighted by atomic mass is 10.2. The smallest absolute Gasteiger partial charge is 0.254 e. The van der Waals surface area contributed by atoms with Gasteiger partial charge < -0.3 is 9.80 Å². The van der Waals surface area contributed by atoms with Crippen LogP contribution in [0.1, 0.15) is 10.4 Å². The van der Waals surface area contributed by atoms with Crippen molar-refractivity contribution in [2.75, 3.05) is 27.7 Å². The summed E-state index contributed by atoms with van der Waals surface area (Å²) in [5, 5.41) is 0. The highest BCUT2D eigenvalue weighted by Crippen LogP contribution is 2.14. The van der Waals surface area contributed by atoms with Gasteiger partial charge in [-0.2, -0.15) is 0 Å². The minimum Gasteiger partial charge on any atom is -0.347 e. The van der Waals surface area contributed by atoms with Gasteiger partial charge in [0.15, 0.2) is 17.5 Å². The van der Waals surface area contributed by atoms with Crippen molar-refractivity contribution in [3.05, 3.63) is 35.1 Å². The largest absolute Gasteiger partial charge is 0.347 e. The monoisotopic (exact) mass is 274 g/mol. The Morgan fingerprint density at radius 3 is 1.95 bits per heavy atom. The fraction of sp³-hybridized carbons (Fsp3) is 0.333. The Bertz CT molecular complexity index is 495. The molecular weight excluding hydrogens is 261 g/mol. The molecule has 0 unspecified atom stereocenters. The van der Waals surface area contributed by atoms with Gasteiger partial charge in [0.25, 0.3) is 5.91 Å². The zero-order valence-corrected chi connectivity index (χ0v) is 10.7. The highest BCUT2D eigenvalue weighted by Gasteiger charge is 2.19. The zero-order chi connectivity index (χ0) is 14.7. The molecule has 0 radical (unpaired) electrons. The molecule has 0 bridgehead atoms. The van der Waals surface area contributed by atoms with Gasteiger partial charge in [0.1, 0.15) is 0 Å². The molecule has 0 N–H and O–H groups in total. The van der Waals surface area contributed by atoms with Crippen molar-refractivity contribution in [1.82, 2.24) is 9.80 Å². The van der Waals surface area contributed by atoms with Crippen molar-refractivity contribution in [2.45, 2.75) is 0 Å². The summed E-state index contributed by atoms with van der Waals surface area (Å²) < 4.78 is 38.7. The molecule has 0 atom stereocenters. The molecule has 0 aliphatic rings. The fourth-order valence-electron chi connectivity index (χ4n) is 1.32. The molecule has 4 nitrogen and oxygen atoms in total. The first-order valence-electron chi connectivity index (χ1n) is 5.34. The van der Waals surface area contributed by atoms with E-state index in [4.69, 9.17) is 0 Å². The minimum atomic E-state index is -1.64. The van der Waals surface area contributed by atoms with E-state index in [1.807, 2.05) is 0 Å². The highest BCUT2D eigenvalue weighted by molar-refractivity contribution is 5.96. The lowest BCUT2D eigenvalue weighted by Gasteiger charge is -2.19. The van der Waals surface area contributed by atoms with E-state index in [0.29, 0.717) is 12.1 Å².